The first-order valence-electron chi connectivity index (χ1n) is 8.42. The molecule has 6 nitrogen and oxygen atoms in total. The summed E-state index contributed by atoms with van der Waals surface area (Å²) in [6, 6.07) is 10.3. The number of carbonyl (C=O) groups is 2. The zero-order valence-electron chi connectivity index (χ0n) is 14.7. The molecule has 1 heterocycles. The monoisotopic (exact) mass is 375 g/mol. The molecule has 142 valence electrons. The van der Waals surface area contributed by atoms with Crippen molar-refractivity contribution in [3.05, 3.63) is 54.1 Å². The molecule has 0 atom stereocenters. The SMILES string of the molecule is COc1ccc(N2CCN(C(=O)C(=O)Nc3ccc(F)cc3F)CC2)cc1. The topological polar surface area (TPSA) is 61.9 Å². The van der Waals surface area contributed by atoms with E-state index in [0.717, 1.165) is 23.6 Å². The van der Waals surface area contributed by atoms with Gasteiger partial charge in [-0.1, -0.05) is 0 Å². The lowest BCUT2D eigenvalue weighted by Gasteiger charge is -2.35. The predicted octanol–water partition coefficient (Wildman–Crippen LogP) is 2.26. The molecular formula is C19H19F2N3O3. The lowest BCUT2D eigenvalue weighted by atomic mass is 10.2. The molecule has 27 heavy (non-hydrogen) atoms. The number of methoxy groups -OCH3 is 1. The second-order valence-corrected chi connectivity index (χ2v) is 6.06. The Morgan fingerprint density at radius 3 is 2.26 bits per heavy atom. The smallest absolute Gasteiger partial charge is 0.313 e. The van der Waals surface area contributed by atoms with E-state index in [2.05, 4.69) is 10.2 Å². The number of anilines is 2. The first-order valence-corrected chi connectivity index (χ1v) is 8.42. The Hall–Kier alpha value is -3.16. The van der Waals surface area contributed by atoms with Gasteiger partial charge in [-0.05, 0) is 36.4 Å². The van der Waals surface area contributed by atoms with E-state index in [0.29, 0.717) is 32.2 Å². The lowest BCUT2D eigenvalue weighted by Crippen LogP contribution is -2.51. The average molecular weight is 375 g/mol. The minimum atomic E-state index is -0.946. The third-order valence-electron chi connectivity index (χ3n) is 4.38. The fourth-order valence-electron chi connectivity index (χ4n) is 2.87. The van der Waals surface area contributed by atoms with E-state index in [4.69, 9.17) is 4.74 Å². The Balaban J connectivity index is 1.56. The molecule has 8 heteroatoms. The van der Waals surface area contributed by atoms with Crippen molar-refractivity contribution in [1.29, 1.82) is 0 Å². The molecular weight excluding hydrogens is 356 g/mol. The van der Waals surface area contributed by atoms with Crippen LogP contribution >= 0.6 is 0 Å². The van der Waals surface area contributed by atoms with E-state index in [1.807, 2.05) is 24.3 Å². The van der Waals surface area contributed by atoms with Crippen molar-refractivity contribution in [2.75, 3.05) is 43.5 Å². The first kappa shape index (κ1) is 18.6. The fourth-order valence-corrected chi connectivity index (χ4v) is 2.87. The van der Waals surface area contributed by atoms with Gasteiger partial charge < -0.3 is 19.9 Å². The summed E-state index contributed by atoms with van der Waals surface area (Å²) >= 11 is 0. The number of halogens is 2. The number of rotatable bonds is 3. The molecule has 1 aliphatic rings. The van der Waals surface area contributed by atoms with Crippen LogP contribution in [0.5, 0.6) is 5.75 Å². The van der Waals surface area contributed by atoms with Crippen molar-refractivity contribution in [3.63, 3.8) is 0 Å². The summed E-state index contributed by atoms with van der Waals surface area (Å²) in [5.41, 5.74) is 0.771. The van der Waals surface area contributed by atoms with Gasteiger partial charge >= 0.3 is 11.8 Å². The number of carbonyl (C=O) groups excluding carboxylic acids is 2. The Morgan fingerprint density at radius 2 is 1.67 bits per heavy atom. The highest BCUT2D eigenvalue weighted by molar-refractivity contribution is 6.39. The summed E-state index contributed by atoms with van der Waals surface area (Å²) in [4.78, 5) is 27.9. The largest absolute Gasteiger partial charge is 0.497 e. The molecule has 2 aromatic carbocycles. The number of piperazine rings is 1. The van der Waals surface area contributed by atoms with Crippen LogP contribution in [0.15, 0.2) is 42.5 Å². The van der Waals surface area contributed by atoms with Crippen molar-refractivity contribution in [2.24, 2.45) is 0 Å². The Kier molecular flexibility index (Phi) is 5.54. The van der Waals surface area contributed by atoms with Gasteiger partial charge in [0, 0.05) is 37.9 Å². The molecule has 3 rings (SSSR count). The van der Waals surface area contributed by atoms with Crippen LogP contribution in [0.1, 0.15) is 0 Å². The van der Waals surface area contributed by atoms with Gasteiger partial charge in [-0.25, -0.2) is 8.78 Å². The molecule has 1 aliphatic heterocycles. The van der Waals surface area contributed by atoms with Crippen LogP contribution in [0.3, 0.4) is 0 Å². The lowest BCUT2D eigenvalue weighted by molar-refractivity contribution is -0.143. The average Bonchev–Trinajstić information content (AvgIpc) is 2.69. The van der Waals surface area contributed by atoms with E-state index >= 15 is 0 Å². The van der Waals surface area contributed by atoms with Gasteiger partial charge in [0.05, 0.1) is 12.8 Å². The molecule has 0 aliphatic carbocycles. The normalized spacial score (nSPS) is 14.0. The zero-order chi connectivity index (χ0) is 19.4. The molecule has 0 unspecified atom stereocenters. The minimum Gasteiger partial charge on any atom is -0.497 e. The van der Waals surface area contributed by atoms with Gasteiger partial charge in [-0.3, -0.25) is 9.59 Å². The number of nitrogens with zero attached hydrogens (tertiary/aromatic N) is 2. The second-order valence-electron chi connectivity index (χ2n) is 6.06. The molecule has 0 aromatic heterocycles. The Labute approximate surface area is 155 Å². The molecule has 1 saturated heterocycles. The number of ether oxygens (including phenoxy) is 1. The van der Waals surface area contributed by atoms with E-state index < -0.39 is 23.4 Å². The number of amides is 2. The third-order valence-corrected chi connectivity index (χ3v) is 4.38. The minimum absolute atomic E-state index is 0.230. The first-order chi connectivity index (χ1) is 13.0. The van der Waals surface area contributed by atoms with Gasteiger partial charge in [0.25, 0.3) is 0 Å². The van der Waals surface area contributed by atoms with Crippen LogP contribution in [-0.4, -0.2) is 50.0 Å². The summed E-state index contributed by atoms with van der Waals surface area (Å²) < 4.78 is 31.7. The predicted molar refractivity (Wildman–Crippen MR) is 96.8 cm³/mol. The van der Waals surface area contributed by atoms with E-state index in [-0.39, 0.29) is 5.69 Å². The molecule has 0 radical (unpaired) electrons. The molecule has 0 spiro atoms. The molecule has 0 saturated carbocycles. The van der Waals surface area contributed by atoms with Crippen LogP contribution in [-0.2, 0) is 9.59 Å². The van der Waals surface area contributed by atoms with Gasteiger partial charge in [0.15, 0.2) is 0 Å². The highest BCUT2D eigenvalue weighted by atomic mass is 19.1. The highest BCUT2D eigenvalue weighted by Gasteiger charge is 2.26. The maximum Gasteiger partial charge on any atom is 0.313 e. The summed E-state index contributed by atoms with van der Waals surface area (Å²) in [6.45, 7) is 1.86. The quantitative estimate of drug-likeness (QED) is 0.836. The summed E-state index contributed by atoms with van der Waals surface area (Å²) in [7, 11) is 1.60. The highest BCUT2D eigenvalue weighted by Crippen LogP contribution is 2.21. The maximum atomic E-state index is 13.6. The van der Waals surface area contributed by atoms with Gasteiger partial charge in [-0.2, -0.15) is 0 Å². The molecule has 0 bridgehead atoms. The molecule has 2 aromatic rings. The summed E-state index contributed by atoms with van der Waals surface area (Å²) in [6.07, 6.45) is 0. The van der Waals surface area contributed by atoms with Crippen molar-refractivity contribution in [3.8, 4) is 5.75 Å². The standard InChI is InChI=1S/C19H19F2N3O3/c1-27-15-5-3-14(4-6-15)23-8-10-24(11-9-23)19(26)18(25)22-17-7-2-13(20)12-16(17)21/h2-7,12H,8-11H2,1H3,(H,22,25). The molecule has 1 N–H and O–H groups in total. The van der Waals surface area contributed by atoms with Crippen LogP contribution < -0.4 is 15.0 Å². The fraction of sp³-hybridized carbons (Fsp3) is 0.263. The second kappa shape index (κ2) is 8.03. The van der Waals surface area contributed by atoms with Crippen LogP contribution in [0, 0.1) is 11.6 Å². The number of hydrogen-bond acceptors (Lipinski definition) is 4. The van der Waals surface area contributed by atoms with E-state index in [9.17, 15) is 18.4 Å². The van der Waals surface area contributed by atoms with Crippen molar-refractivity contribution >= 4 is 23.2 Å². The van der Waals surface area contributed by atoms with Gasteiger partial charge in [0.2, 0.25) is 0 Å². The summed E-state index contributed by atoms with van der Waals surface area (Å²) in [5, 5.41) is 2.19. The Bertz CT molecular complexity index is 835. The number of hydrogen-bond donors (Lipinski definition) is 1. The van der Waals surface area contributed by atoms with Crippen molar-refractivity contribution in [2.45, 2.75) is 0 Å². The van der Waals surface area contributed by atoms with Crippen molar-refractivity contribution in [1.82, 2.24) is 4.90 Å². The zero-order valence-corrected chi connectivity index (χ0v) is 14.7. The van der Waals surface area contributed by atoms with Crippen molar-refractivity contribution < 1.29 is 23.1 Å². The van der Waals surface area contributed by atoms with Gasteiger partial charge in [0.1, 0.15) is 17.4 Å². The maximum absolute atomic E-state index is 13.6. The van der Waals surface area contributed by atoms with E-state index in [1.165, 1.54) is 4.90 Å². The number of benzene rings is 2. The molecule has 2 amide bonds. The van der Waals surface area contributed by atoms with E-state index in [1.54, 1.807) is 7.11 Å². The van der Waals surface area contributed by atoms with Crippen LogP contribution in [0.25, 0.3) is 0 Å². The third kappa shape index (κ3) is 4.33. The number of nitrogens with one attached hydrogen (secondary N) is 1. The van der Waals surface area contributed by atoms with Gasteiger partial charge in [-0.15, -0.1) is 0 Å². The van der Waals surface area contributed by atoms with Crippen LogP contribution in [0.4, 0.5) is 20.2 Å². The molecule has 1 fully saturated rings. The summed E-state index contributed by atoms with van der Waals surface area (Å²) in [5.74, 6) is -2.62. The Morgan fingerprint density at radius 1 is 1.00 bits per heavy atom. The van der Waals surface area contributed by atoms with Crippen LogP contribution in [0.2, 0.25) is 0 Å².